The molecule has 0 radical (unpaired) electrons. The summed E-state index contributed by atoms with van der Waals surface area (Å²) in [5, 5.41) is 20.7. The average Bonchev–Trinajstić information content (AvgIpc) is 3.34. The predicted octanol–water partition coefficient (Wildman–Crippen LogP) is 4.57. The Balaban J connectivity index is 1.46. The number of amides is 1. The Morgan fingerprint density at radius 2 is 1.31 bits per heavy atom. The molecule has 226 valence electrons. The molecule has 0 aliphatic heterocycles. The molecule has 4 aromatic carbocycles. The molecule has 2 N–H and O–H groups in total. The first-order chi connectivity index (χ1) is 21.6. The number of benzene rings is 4. The summed E-state index contributed by atoms with van der Waals surface area (Å²) >= 11 is 0. The van der Waals surface area contributed by atoms with Crippen LogP contribution in [0.1, 0.15) is 21.5 Å². The Hall–Kier alpha value is -5.68. The van der Waals surface area contributed by atoms with Gasteiger partial charge in [0, 0.05) is 24.3 Å². The molecule has 10 nitrogen and oxygen atoms in total. The molecule has 0 bridgehead atoms. The zero-order chi connectivity index (χ0) is 31.9. The summed E-state index contributed by atoms with van der Waals surface area (Å²) in [5.74, 6) is -2.45. The molecule has 0 saturated heterocycles. The molecule has 0 aliphatic rings. The molecule has 11 heteroatoms. The van der Waals surface area contributed by atoms with Crippen molar-refractivity contribution in [3.63, 3.8) is 0 Å². The quantitative estimate of drug-likeness (QED) is 0.197. The molecule has 45 heavy (non-hydrogen) atoms. The zero-order valence-corrected chi connectivity index (χ0v) is 25.1. The van der Waals surface area contributed by atoms with Crippen molar-refractivity contribution in [1.82, 2.24) is 4.73 Å². The van der Waals surface area contributed by atoms with Gasteiger partial charge in [-0.3, -0.25) is 4.79 Å². The Bertz CT molecular complexity index is 2130. The number of rotatable bonds is 7. The highest BCUT2D eigenvalue weighted by Crippen LogP contribution is 2.32. The lowest BCUT2D eigenvalue weighted by Gasteiger charge is -2.24. The van der Waals surface area contributed by atoms with Gasteiger partial charge in [-0.25, -0.2) is 13.2 Å². The van der Waals surface area contributed by atoms with Gasteiger partial charge in [-0.2, -0.15) is 8.87 Å². The number of sulfonamides is 1. The highest BCUT2D eigenvalue weighted by molar-refractivity contribution is 7.93. The van der Waals surface area contributed by atoms with Crippen molar-refractivity contribution in [2.75, 3.05) is 4.31 Å². The maximum Gasteiger partial charge on any atom is 0.337 e. The Morgan fingerprint density at radius 1 is 0.778 bits per heavy atom. The Morgan fingerprint density at radius 3 is 1.87 bits per heavy atom. The van der Waals surface area contributed by atoms with Crippen molar-refractivity contribution < 1.29 is 37.6 Å². The van der Waals surface area contributed by atoms with Gasteiger partial charge in [0.05, 0.1) is 33.3 Å². The van der Waals surface area contributed by atoms with Crippen molar-refractivity contribution >= 4 is 49.4 Å². The fourth-order valence-electron chi connectivity index (χ4n) is 5.29. The normalized spacial score (nSPS) is 11.5. The summed E-state index contributed by atoms with van der Waals surface area (Å²) in [6.45, 7) is 1.84. The molecule has 6 aromatic rings. The van der Waals surface area contributed by atoms with Crippen LogP contribution in [0.25, 0.3) is 21.8 Å². The molecule has 0 fully saturated rings. The lowest BCUT2D eigenvalue weighted by molar-refractivity contribution is -0.617. The summed E-state index contributed by atoms with van der Waals surface area (Å²) in [7, 11) is -2.53. The standard InChI is InChI=1S/C34H27N3O7S/c1-22-11-17-25(18-12-22)45(42,43)37(24-15-13-23(14-16-24)21-32(40)44-36-30(38)19-20-31(36)39)34(41)33-26-7-3-5-9-28(26)35(2)29-10-6-4-8-27(29)33/h3-20,41H,21H2,1-2H3/p+1. The third kappa shape index (κ3) is 5.34. The number of fused-ring (bicyclic) bond motifs is 2. The summed E-state index contributed by atoms with van der Waals surface area (Å²) in [4.78, 5) is 32.2. The van der Waals surface area contributed by atoms with E-state index in [1.165, 1.54) is 36.4 Å². The summed E-state index contributed by atoms with van der Waals surface area (Å²) < 4.78 is 31.9. The molecule has 6 rings (SSSR count). The third-order valence-electron chi connectivity index (χ3n) is 7.54. The van der Waals surface area contributed by atoms with Crippen LogP contribution in [0.4, 0.5) is 5.69 Å². The van der Waals surface area contributed by atoms with Crippen LogP contribution in [0.5, 0.6) is 11.8 Å². The molecule has 2 aromatic heterocycles. The summed E-state index contributed by atoms with van der Waals surface area (Å²) in [5.41, 5.74) is 3.10. The number of carbonyl (C=O) groups is 2. The number of hydrogen-bond donors (Lipinski definition) is 2. The average molecular weight is 623 g/mol. The van der Waals surface area contributed by atoms with Gasteiger partial charge in [0.15, 0.2) is 0 Å². The smallest absolute Gasteiger partial charge is 0.337 e. The minimum atomic E-state index is -4.42. The van der Waals surface area contributed by atoms with Crippen molar-refractivity contribution in [2.45, 2.75) is 18.2 Å². The molecular weight excluding hydrogens is 594 g/mol. The van der Waals surface area contributed by atoms with Crippen molar-refractivity contribution in [3.05, 3.63) is 126 Å². The van der Waals surface area contributed by atoms with Crippen LogP contribution in [-0.2, 0) is 28.3 Å². The van der Waals surface area contributed by atoms with Gasteiger partial charge < -0.3 is 15.1 Å². The van der Waals surface area contributed by atoms with Crippen LogP contribution < -0.4 is 13.7 Å². The van der Waals surface area contributed by atoms with Crippen molar-refractivity contribution in [2.24, 2.45) is 7.05 Å². The van der Waals surface area contributed by atoms with Crippen molar-refractivity contribution in [1.29, 1.82) is 0 Å². The maximum absolute atomic E-state index is 14.7. The summed E-state index contributed by atoms with van der Waals surface area (Å²) in [6, 6.07) is 29.1. The number of anilines is 1. The number of carbonyl (C=O) groups excluding carboxylic acids is 2. The minimum Gasteiger partial charge on any atom is -0.492 e. The number of pyridine rings is 1. The molecule has 0 atom stereocenters. The van der Waals surface area contributed by atoms with Gasteiger partial charge in [-0.05, 0) is 48.9 Å². The zero-order valence-electron chi connectivity index (χ0n) is 24.3. The maximum atomic E-state index is 14.7. The van der Waals surface area contributed by atoms with Crippen LogP contribution in [0.15, 0.2) is 114 Å². The van der Waals surface area contributed by atoms with Crippen LogP contribution in [-0.4, -0.2) is 35.2 Å². The summed E-state index contributed by atoms with van der Waals surface area (Å²) in [6.07, 6.45) is -0.263. The molecule has 0 aliphatic carbocycles. The lowest BCUT2D eigenvalue weighted by atomic mass is 10.0. The fourth-order valence-corrected chi connectivity index (χ4v) is 6.69. The molecular formula is C34H28N3O7S+. The van der Waals surface area contributed by atoms with E-state index >= 15 is 0 Å². The van der Waals surface area contributed by atoms with Gasteiger partial charge in [-0.15, -0.1) is 4.73 Å². The van der Waals surface area contributed by atoms with Crippen LogP contribution >= 0.6 is 0 Å². The lowest BCUT2D eigenvalue weighted by Crippen LogP contribution is -2.39. The van der Waals surface area contributed by atoms with Gasteiger partial charge in [0.1, 0.15) is 7.05 Å². The van der Waals surface area contributed by atoms with E-state index in [2.05, 4.69) is 0 Å². The largest absolute Gasteiger partial charge is 0.492 e. The second-order valence-electron chi connectivity index (χ2n) is 10.5. The highest BCUT2D eigenvalue weighted by Gasteiger charge is 2.35. The Kier molecular flexibility index (Phi) is 7.47. The molecule has 0 spiro atoms. The Labute approximate surface area is 258 Å². The topological polar surface area (TPSA) is 130 Å². The van der Waals surface area contributed by atoms with Crippen LogP contribution in [0, 0.1) is 6.92 Å². The number of nitrogens with zero attached hydrogens (tertiary/aromatic N) is 3. The number of aryl methyl sites for hydroxylation is 2. The van der Waals surface area contributed by atoms with E-state index in [1.807, 2.05) is 42.8 Å². The SMILES string of the molecule is Cc1ccc(S(=O)(=O)N(C(=O)c2c3ccccc3[n+](C)c3ccccc23)c2ccc(CC(=O)On3c(O)ccc3O)cc2)cc1. The number of para-hydroxylation sites is 2. The predicted molar refractivity (Wildman–Crippen MR) is 167 cm³/mol. The number of aromatic nitrogens is 2. The second-order valence-corrected chi connectivity index (χ2v) is 12.3. The van der Waals surface area contributed by atoms with Crippen LogP contribution in [0.2, 0.25) is 0 Å². The van der Waals surface area contributed by atoms with Gasteiger partial charge >= 0.3 is 5.97 Å². The van der Waals surface area contributed by atoms with E-state index in [-0.39, 0.29) is 22.6 Å². The van der Waals surface area contributed by atoms with Crippen LogP contribution in [0.3, 0.4) is 0 Å². The monoisotopic (exact) mass is 622 g/mol. The van der Waals surface area contributed by atoms with Gasteiger partial charge in [-0.1, -0.05) is 54.1 Å². The van der Waals surface area contributed by atoms with E-state index in [4.69, 9.17) is 4.84 Å². The van der Waals surface area contributed by atoms with E-state index in [0.717, 1.165) is 33.0 Å². The van der Waals surface area contributed by atoms with Gasteiger partial charge in [0.25, 0.3) is 15.9 Å². The first kappa shape index (κ1) is 29.4. The van der Waals surface area contributed by atoms with Gasteiger partial charge in [0.2, 0.25) is 22.8 Å². The fraction of sp³-hybridized carbons (Fsp3) is 0.0882. The minimum absolute atomic E-state index is 0.0597. The second kappa shape index (κ2) is 11.4. The van der Waals surface area contributed by atoms with Crippen molar-refractivity contribution in [3.8, 4) is 11.8 Å². The number of hydrogen-bond acceptors (Lipinski definition) is 7. The molecule has 2 heterocycles. The van der Waals surface area contributed by atoms with E-state index in [9.17, 15) is 28.2 Å². The molecule has 0 saturated carbocycles. The van der Waals surface area contributed by atoms with E-state index in [1.54, 1.807) is 36.4 Å². The highest BCUT2D eigenvalue weighted by atomic mass is 32.2. The first-order valence-electron chi connectivity index (χ1n) is 13.9. The van der Waals surface area contributed by atoms with E-state index in [0.29, 0.717) is 21.1 Å². The third-order valence-corrected chi connectivity index (χ3v) is 9.26. The molecule has 1 amide bonds. The molecule has 0 unspecified atom stereocenters. The first-order valence-corrected chi connectivity index (χ1v) is 15.4. The number of aromatic hydroxyl groups is 2. The van der Waals surface area contributed by atoms with E-state index < -0.39 is 33.7 Å².